The van der Waals surface area contributed by atoms with E-state index in [1.165, 1.54) is 4.90 Å². The number of likely N-dealkylation sites (tertiary alicyclic amines) is 1. The predicted octanol–water partition coefficient (Wildman–Crippen LogP) is 2.83. The molecule has 2 aromatic rings. The van der Waals surface area contributed by atoms with Gasteiger partial charge in [0, 0.05) is 18.8 Å². The van der Waals surface area contributed by atoms with Gasteiger partial charge in [0.15, 0.2) is 0 Å². The van der Waals surface area contributed by atoms with Gasteiger partial charge in [0.2, 0.25) is 11.8 Å². The van der Waals surface area contributed by atoms with Crippen LogP contribution in [0.3, 0.4) is 0 Å². The first-order valence-corrected chi connectivity index (χ1v) is 9.16. The number of carbonyl (C=O) groups excluding carboxylic acids is 3. The molecule has 0 saturated carbocycles. The summed E-state index contributed by atoms with van der Waals surface area (Å²) in [5.74, 6) is -0.0307. The largest absolute Gasteiger partial charge is 0.457 e. The Labute approximate surface area is 162 Å². The normalized spacial score (nSPS) is 20.7. The van der Waals surface area contributed by atoms with Crippen LogP contribution < -0.4 is 15.4 Å². The molecule has 7 nitrogen and oxygen atoms in total. The number of carbonyl (C=O) groups is 3. The molecule has 0 unspecified atom stereocenters. The van der Waals surface area contributed by atoms with Crippen LogP contribution in [0.15, 0.2) is 42.5 Å². The highest BCUT2D eigenvalue weighted by Crippen LogP contribution is 2.29. The topological polar surface area (TPSA) is 87.7 Å². The summed E-state index contributed by atoms with van der Waals surface area (Å²) in [7, 11) is 0. The van der Waals surface area contributed by atoms with Crippen molar-refractivity contribution in [2.75, 3.05) is 18.4 Å². The van der Waals surface area contributed by atoms with Crippen molar-refractivity contribution in [3.05, 3.63) is 53.6 Å². The minimum Gasteiger partial charge on any atom is -0.457 e. The Morgan fingerprint density at radius 2 is 1.54 bits per heavy atom. The minimum atomic E-state index is -0.438. The first-order chi connectivity index (χ1) is 13.4. The SMILES string of the molecule is Cc1cc(C)cc(Oc2ccc(NC(=O)N3C[C@@H]4C(=O)NC(=O)[C@@H]4C3)cc2)c1. The summed E-state index contributed by atoms with van der Waals surface area (Å²) in [6.07, 6.45) is 0. The van der Waals surface area contributed by atoms with Crippen LogP contribution in [0.25, 0.3) is 0 Å². The van der Waals surface area contributed by atoms with E-state index in [1.54, 1.807) is 24.3 Å². The molecule has 0 aromatic heterocycles. The van der Waals surface area contributed by atoms with E-state index in [9.17, 15) is 14.4 Å². The van der Waals surface area contributed by atoms with E-state index >= 15 is 0 Å². The molecule has 0 aliphatic carbocycles. The second kappa shape index (κ2) is 6.99. The molecule has 2 fully saturated rings. The monoisotopic (exact) mass is 379 g/mol. The Kier molecular flexibility index (Phi) is 4.50. The zero-order chi connectivity index (χ0) is 19.8. The van der Waals surface area contributed by atoms with Gasteiger partial charge in [0.25, 0.3) is 0 Å². The van der Waals surface area contributed by atoms with Gasteiger partial charge < -0.3 is 15.0 Å². The maximum atomic E-state index is 12.5. The number of nitrogens with zero attached hydrogens (tertiary/aromatic N) is 1. The lowest BCUT2D eigenvalue weighted by atomic mass is 10.00. The minimum absolute atomic E-state index is 0.252. The number of benzene rings is 2. The number of hydrogen-bond donors (Lipinski definition) is 2. The number of ether oxygens (including phenoxy) is 1. The van der Waals surface area contributed by atoms with E-state index in [1.807, 2.05) is 26.0 Å². The molecule has 0 radical (unpaired) electrons. The second-order valence-electron chi connectivity index (χ2n) is 7.35. The Bertz CT molecular complexity index is 912. The molecule has 144 valence electrons. The maximum Gasteiger partial charge on any atom is 0.321 e. The highest BCUT2D eigenvalue weighted by molar-refractivity contribution is 6.06. The van der Waals surface area contributed by atoms with Gasteiger partial charge in [-0.25, -0.2) is 4.79 Å². The Balaban J connectivity index is 1.37. The molecular formula is C21H21N3O4. The molecule has 2 atom stereocenters. The Morgan fingerprint density at radius 1 is 0.964 bits per heavy atom. The zero-order valence-electron chi connectivity index (χ0n) is 15.7. The van der Waals surface area contributed by atoms with Crippen LogP contribution in [-0.4, -0.2) is 35.8 Å². The number of hydrogen-bond acceptors (Lipinski definition) is 4. The van der Waals surface area contributed by atoms with Crippen molar-refractivity contribution in [3.63, 3.8) is 0 Å². The van der Waals surface area contributed by atoms with Gasteiger partial charge in [-0.05, 0) is 61.4 Å². The summed E-state index contributed by atoms with van der Waals surface area (Å²) in [6, 6.07) is 12.8. The third-order valence-corrected chi connectivity index (χ3v) is 5.06. The van der Waals surface area contributed by atoms with Gasteiger partial charge in [0.1, 0.15) is 11.5 Å². The first kappa shape index (κ1) is 18.0. The fourth-order valence-corrected chi connectivity index (χ4v) is 3.74. The van der Waals surface area contributed by atoms with E-state index in [4.69, 9.17) is 4.74 Å². The third-order valence-electron chi connectivity index (χ3n) is 5.06. The van der Waals surface area contributed by atoms with Gasteiger partial charge in [-0.3, -0.25) is 14.9 Å². The average molecular weight is 379 g/mol. The first-order valence-electron chi connectivity index (χ1n) is 9.16. The molecule has 0 spiro atoms. The number of anilines is 1. The van der Waals surface area contributed by atoms with E-state index in [2.05, 4.69) is 16.7 Å². The van der Waals surface area contributed by atoms with Gasteiger partial charge in [-0.1, -0.05) is 6.07 Å². The van der Waals surface area contributed by atoms with Crippen LogP contribution in [0, 0.1) is 25.7 Å². The number of fused-ring (bicyclic) bond motifs is 1. The van der Waals surface area contributed by atoms with Gasteiger partial charge in [-0.2, -0.15) is 0 Å². The molecule has 2 heterocycles. The van der Waals surface area contributed by atoms with Crippen molar-refractivity contribution in [2.45, 2.75) is 13.8 Å². The van der Waals surface area contributed by atoms with Crippen LogP contribution >= 0.6 is 0 Å². The van der Waals surface area contributed by atoms with Crippen LogP contribution in [0.5, 0.6) is 11.5 Å². The molecule has 4 amide bonds. The average Bonchev–Trinajstić information content (AvgIpc) is 3.18. The summed E-state index contributed by atoms with van der Waals surface area (Å²) >= 11 is 0. The molecule has 2 aliphatic heterocycles. The molecular weight excluding hydrogens is 358 g/mol. The van der Waals surface area contributed by atoms with Crippen LogP contribution in [0.2, 0.25) is 0 Å². The smallest absolute Gasteiger partial charge is 0.321 e. The van der Waals surface area contributed by atoms with E-state index in [0.29, 0.717) is 11.4 Å². The molecule has 28 heavy (non-hydrogen) atoms. The third kappa shape index (κ3) is 3.55. The van der Waals surface area contributed by atoms with E-state index in [-0.39, 0.29) is 30.9 Å². The van der Waals surface area contributed by atoms with E-state index < -0.39 is 11.8 Å². The Hall–Kier alpha value is -3.35. The lowest BCUT2D eigenvalue weighted by Gasteiger charge is -2.18. The number of aryl methyl sites for hydroxylation is 2. The van der Waals surface area contributed by atoms with Crippen molar-refractivity contribution in [1.29, 1.82) is 0 Å². The molecule has 2 saturated heterocycles. The molecule has 2 aliphatic rings. The fourth-order valence-electron chi connectivity index (χ4n) is 3.74. The van der Waals surface area contributed by atoms with Gasteiger partial charge in [0.05, 0.1) is 11.8 Å². The van der Waals surface area contributed by atoms with E-state index in [0.717, 1.165) is 16.9 Å². The summed E-state index contributed by atoms with van der Waals surface area (Å²) < 4.78 is 5.87. The summed E-state index contributed by atoms with van der Waals surface area (Å²) in [6.45, 7) is 4.54. The number of nitrogens with one attached hydrogen (secondary N) is 2. The molecule has 2 aromatic carbocycles. The predicted molar refractivity (Wildman–Crippen MR) is 103 cm³/mol. The zero-order valence-corrected chi connectivity index (χ0v) is 15.7. The molecule has 0 bridgehead atoms. The highest BCUT2D eigenvalue weighted by atomic mass is 16.5. The van der Waals surface area contributed by atoms with Crippen molar-refractivity contribution in [1.82, 2.24) is 10.2 Å². The summed E-state index contributed by atoms with van der Waals surface area (Å²) in [4.78, 5) is 37.4. The van der Waals surface area contributed by atoms with Crippen LogP contribution in [0.1, 0.15) is 11.1 Å². The molecule has 4 rings (SSSR count). The van der Waals surface area contributed by atoms with Gasteiger partial charge >= 0.3 is 6.03 Å². The summed E-state index contributed by atoms with van der Waals surface area (Å²) in [5.41, 5.74) is 2.87. The number of urea groups is 1. The van der Waals surface area contributed by atoms with Crippen molar-refractivity contribution < 1.29 is 19.1 Å². The summed E-state index contributed by atoms with van der Waals surface area (Å²) in [5, 5.41) is 5.11. The fraction of sp³-hybridized carbons (Fsp3) is 0.286. The number of amides is 4. The van der Waals surface area contributed by atoms with Crippen LogP contribution in [-0.2, 0) is 9.59 Å². The maximum absolute atomic E-state index is 12.5. The lowest BCUT2D eigenvalue weighted by Crippen LogP contribution is -2.37. The molecule has 7 heteroatoms. The number of imide groups is 1. The van der Waals surface area contributed by atoms with Crippen molar-refractivity contribution >= 4 is 23.5 Å². The highest BCUT2D eigenvalue weighted by Gasteiger charge is 2.48. The van der Waals surface area contributed by atoms with Gasteiger partial charge in [-0.15, -0.1) is 0 Å². The Morgan fingerprint density at radius 3 is 2.11 bits per heavy atom. The lowest BCUT2D eigenvalue weighted by molar-refractivity contribution is -0.126. The number of rotatable bonds is 3. The van der Waals surface area contributed by atoms with Crippen molar-refractivity contribution in [3.8, 4) is 11.5 Å². The van der Waals surface area contributed by atoms with Crippen LogP contribution in [0.4, 0.5) is 10.5 Å². The second-order valence-corrected chi connectivity index (χ2v) is 7.35. The standard InChI is InChI=1S/C21H21N3O4/c1-12-7-13(2)9-16(8-12)28-15-5-3-14(4-6-15)22-21(27)24-10-17-18(11-24)20(26)23-19(17)25/h3-9,17-18H,10-11H2,1-2H3,(H,22,27)(H,23,25,26)/t17-,18+. The quantitative estimate of drug-likeness (QED) is 0.803. The van der Waals surface area contributed by atoms with Crippen molar-refractivity contribution in [2.24, 2.45) is 11.8 Å². The molecule has 2 N–H and O–H groups in total.